The Morgan fingerprint density at radius 2 is 2.00 bits per heavy atom. The fraction of sp³-hybridized carbons (Fsp3) is 0.857. The van der Waals surface area contributed by atoms with Crippen LogP contribution in [0.3, 0.4) is 0 Å². The third kappa shape index (κ3) is 5.28. The summed E-state index contributed by atoms with van der Waals surface area (Å²) in [4.78, 5) is 4.45. The topological polar surface area (TPSA) is 60.2 Å². The molecule has 0 radical (unpaired) electrons. The van der Waals surface area contributed by atoms with Gasteiger partial charge in [-0.25, -0.2) is 0 Å². The van der Waals surface area contributed by atoms with Crippen molar-refractivity contribution in [3.8, 4) is 0 Å². The lowest BCUT2D eigenvalue weighted by Crippen LogP contribution is -2.25. The first-order chi connectivity index (χ1) is 9.08. The number of hydrogen-bond donors (Lipinski definition) is 1. The summed E-state index contributed by atoms with van der Waals surface area (Å²) < 4.78 is 11.0. The Balaban J connectivity index is 2.55. The highest BCUT2D eigenvalue weighted by Crippen LogP contribution is 2.23. The second-order valence-electron chi connectivity index (χ2n) is 5.16. The first kappa shape index (κ1) is 16.1. The van der Waals surface area contributed by atoms with Crippen LogP contribution in [0.15, 0.2) is 4.52 Å². The van der Waals surface area contributed by atoms with Gasteiger partial charge in [0.2, 0.25) is 11.7 Å². The van der Waals surface area contributed by atoms with Crippen molar-refractivity contribution in [2.24, 2.45) is 5.92 Å². The smallest absolute Gasteiger partial charge is 0.226 e. The van der Waals surface area contributed by atoms with Gasteiger partial charge >= 0.3 is 0 Å². The molecule has 1 rings (SSSR count). The molecule has 0 aliphatic rings. The van der Waals surface area contributed by atoms with Crippen molar-refractivity contribution in [2.75, 3.05) is 13.2 Å². The van der Waals surface area contributed by atoms with Crippen LogP contribution >= 0.6 is 0 Å². The highest BCUT2D eigenvalue weighted by atomic mass is 16.5. The molecule has 0 spiro atoms. The van der Waals surface area contributed by atoms with Crippen LogP contribution in [-0.4, -0.2) is 29.3 Å². The molecule has 1 heterocycles. The summed E-state index contributed by atoms with van der Waals surface area (Å²) in [6, 6.07) is 0.466. The van der Waals surface area contributed by atoms with Crippen LogP contribution in [-0.2, 0) is 11.2 Å². The molecule has 5 nitrogen and oxygen atoms in total. The van der Waals surface area contributed by atoms with E-state index in [1.165, 1.54) is 0 Å². The van der Waals surface area contributed by atoms with E-state index in [1.807, 2.05) is 6.92 Å². The highest BCUT2D eigenvalue weighted by molar-refractivity contribution is 4.93. The zero-order valence-corrected chi connectivity index (χ0v) is 12.8. The molecule has 19 heavy (non-hydrogen) atoms. The third-order valence-corrected chi connectivity index (χ3v) is 3.03. The van der Waals surface area contributed by atoms with Crippen LogP contribution in [0.1, 0.15) is 58.9 Å². The predicted octanol–water partition coefficient (Wildman–Crippen LogP) is 2.73. The van der Waals surface area contributed by atoms with Crippen LogP contribution < -0.4 is 5.32 Å². The van der Waals surface area contributed by atoms with E-state index >= 15 is 0 Å². The minimum Gasteiger partial charge on any atom is -0.370 e. The molecule has 2 unspecified atom stereocenters. The van der Waals surface area contributed by atoms with E-state index < -0.39 is 0 Å². The molecule has 5 heteroatoms. The van der Waals surface area contributed by atoms with Crippen molar-refractivity contribution in [3.63, 3.8) is 0 Å². The van der Waals surface area contributed by atoms with E-state index in [4.69, 9.17) is 9.26 Å². The lowest BCUT2D eigenvalue weighted by molar-refractivity contribution is 0.0217. The second-order valence-corrected chi connectivity index (χ2v) is 5.16. The Morgan fingerprint density at radius 1 is 1.26 bits per heavy atom. The van der Waals surface area contributed by atoms with Gasteiger partial charge in [-0.05, 0) is 32.7 Å². The van der Waals surface area contributed by atoms with E-state index in [1.54, 1.807) is 0 Å². The number of nitrogens with one attached hydrogen (secondary N) is 1. The van der Waals surface area contributed by atoms with E-state index in [9.17, 15) is 0 Å². The summed E-state index contributed by atoms with van der Waals surface area (Å²) in [6.45, 7) is 12.1. The molecule has 1 aromatic rings. The maximum Gasteiger partial charge on any atom is 0.226 e. The van der Waals surface area contributed by atoms with Gasteiger partial charge in [0.15, 0.2) is 0 Å². The number of aryl methyl sites for hydroxylation is 1. The summed E-state index contributed by atoms with van der Waals surface area (Å²) in [6.07, 6.45) is 1.72. The Kier molecular flexibility index (Phi) is 7.02. The van der Waals surface area contributed by atoms with E-state index in [-0.39, 0.29) is 6.10 Å². The van der Waals surface area contributed by atoms with Crippen LogP contribution in [0.5, 0.6) is 0 Å². The molecule has 0 fully saturated rings. The minimum atomic E-state index is -0.0753. The fourth-order valence-corrected chi connectivity index (χ4v) is 2.02. The van der Waals surface area contributed by atoms with Crippen molar-refractivity contribution < 1.29 is 9.26 Å². The second kappa shape index (κ2) is 8.27. The number of nitrogens with zero attached hydrogens (tertiary/aromatic N) is 2. The van der Waals surface area contributed by atoms with Crippen LogP contribution in [0.4, 0.5) is 0 Å². The average molecular weight is 269 g/mol. The zero-order valence-electron chi connectivity index (χ0n) is 12.8. The Morgan fingerprint density at radius 3 is 2.58 bits per heavy atom. The predicted molar refractivity (Wildman–Crippen MR) is 75.0 cm³/mol. The van der Waals surface area contributed by atoms with Crippen LogP contribution in [0, 0.1) is 5.92 Å². The Hall–Kier alpha value is -0.940. The number of aromatic nitrogens is 2. The van der Waals surface area contributed by atoms with Crippen LogP contribution in [0.2, 0.25) is 0 Å². The summed E-state index contributed by atoms with van der Waals surface area (Å²) >= 11 is 0. The van der Waals surface area contributed by atoms with E-state index in [0.29, 0.717) is 30.3 Å². The van der Waals surface area contributed by atoms with Crippen molar-refractivity contribution in [3.05, 3.63) is 11.7 Å². The molecular formula is C14H27N3O2. The third-order valence-electron chi connectivity index (χ3n) is 3.03. The molecule has 0 saturated heterocycles. The molecule has 0 aliphatic carbocycles. The van der Waals surface area contributed by atoms with Gasteiger partial charge in [0.1, 0.15) is 6.10 Å². The number of hydrogen-bond acceptors (Lipinski definition) is 5. The van der Waals surface area contributed by atoms with Crippen molar-refractivity contribution in [1.82, 2.24) is 15.5 Å². The highest BCUT2D eigenvalue weighted by Gasteiger charge is 2.22. The maximum atomic E-state index is 5.67. The molecule has 2 atom stereocenters. The number of ether oxygens (including phenoxy) is 1. The van der Waals surface area contributed by atoms with Gasteiger partial charge < -0.3 is 14.6 Å². The monoisotopic (exact) mass is 269 g/mol. The van der Waals surface area contributed by atoms with Crippen LogP contribution in [0.25, 0.3) is 0 Å². The van der Waals surface area contributed by atoms with Gasteiger partial charge in [-0.2, -0.15) is 4.98 Å². The SMILES string of the molecule is CCNC(C)CCc1nc(C(OCC)C(C)C)no1. The van der Waals surface area contributed by atoms with Gasteiger partial charge in [0, 0.05) is 19.1 Å². The molecular weight excluding hydrogens is 242 g/mol. The zero-order chi connectivity index (χ0) is 14.3. The standard InChI is InChI=1S/C14H27N3O2/c1-6-15-11(5)8-9-12-16-14(17-19-12)13(10(3)4)18-7-2/h10-11,13,15H,6-9H2,1-5H3. The van der Waals surface area contributed by atoms with Crippen molar-refractivity contribution >= 4 is 0 Å². The molecule has 0 saturated carbocycles. The lowest BCUT2D eigenvalue weighted by atomic mass is 10.1. The normalized spacial score (nSPS) is 14.8. The largest absolute Gasteiger partial charge is 0.370 e. The summed E-state index contributed by atoms with van der Waals surface area (Å²) in [5.74, 6) is 1.71. The van der Waals surface area contributed by atoms with Gasteiger partial charge in [-0.15, -0.1) is 0 Å². The fourth-order valence-electron chi connectivity index (χ4n) is 2.02. The quantitative estimate of drug-likeness (QED) is 0.747. The maximum absolute atomic E-state index is 5.67. The summed E-state index contributed by atoms with van der Waals surface area (Å²) in [5, 5.41) is 7.42. The summed E-state index contributed by atoms with van der Waals surface area (Å²) in [7, 11) is 0. The molecule has 1 N–H and O–H groups in total. The Labute approximate surface area is 116 Å². The van der Waals surface area contributed by atoms with Gasteiger partial charge in [0.05, 0.1) is 0 Å². The molecule has 0 aromatic carbocycles. The number of rotatable bonds is 9. The van der Waals surface area contributed by atoms with Gasteiger partial charge in [0.25, 0.3) is 0 Å². The van der Waals surface area contributed by atoms with Gasteiger partial charge in [-0.1, -0.05) is 25.9 Å². The molecule has 0 aliphatic heterocycles. The van der Waals surface area contributed by atoms with Crippen molar-refractivity contribution in [1.29, 1.82) is 0 Å². The first-order valence-electron chi connectivity index (χ1n) is 7.25. The Bertz CT molecular complexity index is 352. The van der Waals surface area contributed by atoms with E-state index in [0.717, 1.165) is 19.4 Å². The molecule has 0 bridgehead atoms. The molecule has 110 valence electrons. The first-order valence-corrected chi connectivity index (χ1v) is 7.25. The van der Waals surface area contributed by atoms with Gasteiger partial charge in [-0.3, -0.25) is 0 Å². The molecule has 1 aromatic heterocycles. The minimum absolute atomic E-state index is 0.0753. The summed E-state index contributed by atoms with van der Waals surface area (Å²) in [5.41, 5.74) is 0. The molecule has 0 amide bonds. The van der Waals surface area contributed by atoms with E-state index in [2.05, 4.69) is 43.2 Å². The average Bonchev–Trinajstić information content (AvgIpc) is 2.82. The van der Waals surface area contributed by atoms with Crippen molar-refractivity contribution in [2.45, 2.75) is 59.6 Å². The lowest BCUT2D eigenvalue weighted by Gasteiger charge is -2.16.